The Hall–Kier alpha value is -1.36. The van der Waals surface area contributed by atoms with Crippen LogP contribution in [0.1, 0.15) is 51.4 Å². The van der Waals surface area contributed by atoms with E-state index in [4.69, 9.17) is 4.74 Å². The molecule has 0 bridgehead atoms. The van der Waals surface area contributed by atoms with Crippen molar-refractivity contribution in [2.45, 2.75) is 57.4 Å². The maximum Gasteiger partial charge on any atom is 0.234 e. The standard InChI is InChI=1S/C18H28N4O/c1-2-4-14(3-1)13-23-17-12-20-11-16(22-17)21-15-9-18(10-15)5-7-19-8-6-18/h11-12,14-15,19H,1-10,13H2,(H,21,22). The second-order valence-electron chi connectivity index (χ2n) is 7.70. The van der Waals surface area contributed by atoms with Crippen molar-refractivity contribution in [1.29, 1.82) is 0 Å². The smallest absolute Gasteiger partial charge is 0.234 e. The first-order chi connectivity index (χ1) is 11.3. The molecular weight excluding hydrogens is 288 g/mol. The number of anilines is 1. The minimum Gasteiger partial charge on any atom is -0.476 e. The molecule has 1 spiro atoms. The molecule has 0 aromatic carbocycles. The summed E-state index contributed by atoms with van der Waals surface area (Å²) in [7, 11) is 0. The van der Waals surface area contributed by atoms with E-state index in [9.17, 15) is 0 Å². The molecule has 2 aliphatic carbocycles. The van der Waals surface area contributed by atoms with E-state index >= 15 is 0 Å². The third kappa shape index (κ3) is 3.60. The maximum atomic E-state index is 5.85. The summed E-state index contributed by atoms with van der Waals surface area (Å²) in [6.07, 6.45) is 14.0. The zero-order chi connectivity index (χ0) is 15.5. The Labute approximate surface area is 138 Å². The van der Waals surface area contributed by atoms with E-state index < -0.39 is 0 Å². The number of rotatable bonds is 5. The molecule has 0 unspecified atom stereocenters. The molecule has 1 aromatic rings. The van der Waals surface area contributed by atoms with Crippen LogP contribution in [0.15, 0.2) is 12.4 Å². The van der Waals surface area contributed by atoms with Crippen LogP contribution in [0.25, 0.3) is 0 Å². The molecule has 126 valence electrons. The van der Waals surface area contributed by atoms with Crippen molar-refractivity contribution in [1.82, 2.24) is 15.3 Å². The topological polar surface area (TPSA) is 59.1 Å². The van der Waals surface area contributed by atoms with Crippen LogP contribution in [0, 0.1) is 11.3 Å². The first-order valence-electron chi connectivity index (χ1n) is 9.23. The van der Waals surface area contributed by atoms with Crippen LogP contribution in [-0.2, 0) is 0 Å². The number of nitrogens with one attached hydrogen (secondary N) is 2. The van der Waals surface area contributed by atoms with E-state index in [0.29, 0.717) is 23.3 Å². The van der Waals surface area contributed by atoms with Crippen LogP contribution in [0.4, 0.5) is 5.82 Å². The largest absolute Gasteiger partial charge is 0.476 e. The van der Waals surface area contributed by atoms with E-state index in [-0.39, 0.29) is 0 Å². The second-order valence-corrected chi connectivity index (χ2v) is 7.70. The van der Waals surface area contributed by atoms with E-state index in [0.717, 1.165) is 12.4 Å². The molecule has 5 nitrogen and oxygen atoms in total. The zero-order valence-corrected chi connectivity index (χ0v) is 13.9. The van der Waals surface area contributed by atoms with Gasteiger partial charge in [-0.25, -0.2) is 0 Å². The lowest BCUT2D eigenvalue weighted by molar-refractivity contribution is 0.0716. The zero-order valence-electron chi connectivity index (χ0n) is 13.9. The molecule has 23 heavy (non-hydrogen) atoms. The van der Waals surface area contributed by atoms with Crippen molar-refractivity contribution in [2.75, 3.05) is 25.0 Å². The van der Waals surface area contributed by atoms with Gasteiger partial charge >= 0.3 is 0 Å². The summed E-state index contributed by atoms with van der Waals surface area (Å²) in [5.74, 6) is 2.24. The van der Waals surface area contributed by atoms with Crippen LogP contribution >= 0.6 is 0 Å². The lowest BCUT2D eigenvalue weighted by Gasteiger charge is -2.50. The van der Waals surface area contributed by atoms with Crippen LogP contribution in [0.2, 0.25) is 0 Å². The van der Waals surface area contributed by atoms with Gasteiger partial charge in [-0.3, -0.25) is 4.98 Å². The summed E-state index contributed by atoms with van der Waals surface area (Å²) in [6, 6.07) is 0.549. The van der Waals surface area contributed by atoms with Crippen LogP contribution < -0.4 is 15.4 Å². The third-order valence-corrected chi connectivity index (χ3v) is 5.93. The van der Waals surface area contributed by atoms with Gasteiger partial charge in [0.25, 0.3) is 0 Å². The lowest BCUT2D eigenvalue weighted by Crippen LogP contribution is -2.50. The molecule has 1 aliphatic heterocycles. The highest BCUT2D eigenvalue weighted by atomic mass is 16.5. The van der Waals surface area contributed by atoms with E-state index in [1.807, 2.05) is 6.20 Å². The van der Waals surface area contributed by atoms with Crippen molar-refractivity contribution in [3.05, 3.63) is 12.4 Å². The number of nitrogens with zero attached hydrogens (tertiary/aromatic N) is 2. The third-order valence-electron chi connectivity index (χ3n) is 5.93. The van der Waals surface area contributed by atoms with Crippen molar-refractivity contribution in [3.63, 3.8) is 0 Å². The number of piperidine rings is 1. The van der Waals surface area contributed by atoms with E-state index in [1.165, 1.54) is 64.5 Å². The Morgan fingerprint density at radius 1 is 1.17 bits per heavy atom. The SMILES string of the molecule is c1ncc(OCC2CCCC2)nc1NC1CC2(CCNCC2)C1. The highest BCUT2D eigenvalue weighted by Crippen LogP contribution is 2.48. The van der Waals surface area contributed by atoms with Crippen LogP contribution in [0.3, 0.4) is 0 Å². The minimum absolute atomic E-state index is 0.549. The van der Waals surface area contributed by atoms with Crippen LogP contribution in [0.5, 0.6) is 5.88 Å². The van der Waals surface area contributed by atoms with Gasteiger partial charge < -0.3 is 15.4 Å². The Balaban J connectivity index is 1.27. The Morgan fingerprint density at radius 2 is 1.96 bits per heavy atom. The monoisotopic (exact) mass is 316 g/mol. The molecule has 2 saturated carbocycles. The Kier molecular flexibility index (Phi) is 4.38. The fourth-order valence-electron chi connectivity index (χ4n) is 4.53. The van der Waals surface area contributed by atoms with Crippen molar-refractivity contribution >= 4 is 5.82 Å². The second kappa shape index (κ2) is 6.63. The number of aromatic nitrogens is 2. The first-order valence-corrected chi connectivity index (χ1v) is 9.23. The van der Waals surface area contributed by atoms with Gasteiger partial charge in [-0.15, -0.1) is 0 Å². The van der Waals surface area contributed by atoms with Crippen molar-refractivity contribution < 1.29 is 4.74 Å². The summed E-state index contributed by atoms with van der Waals surface area (Å²) in [4.78, 5) is 8.87. The van der Waals surface area contributed by atoms with Gasteiger partial charge in [0.2, 0.25) is 5.88 Å². The molecule has 1 aromatic heterocycles. The highest BCUT2D eigenvalue weighted by Gasteiger charge is 2.44. The maximum absolute atomic E-state index is 5.85. The molecule has 0 radical (unpaired) electrons. The van der Waals surface area contributed by atoms with Gasteiger partial charge in [0.15, 0.2) is 0 Å². The van der Waals surface area contributed by atoms with Crippen molar-refractivity contribution in [3.8, 4) is 5.88 Å². The predicted octanol–water partition coefficient (Wildman–Crippen LogP) is 2.99. The molecule has 0 atom stereocenters. The summed E-state index contributed by atoms with van der Waals surface area (Å²) in [5, 5.41) is 7.00. The molecular formula is C18H28N4O. The average Bonchev–Trinajstić information content (AvgIpc) is 3.06. The number of hydrogen-bond donors (Lipinski definition) is 2. The molecule has 5 heteroatoms. The molecule has 3 fully saturated rings. The summed E-state index contributed by atoms with van der Waals surface area (Å²) < 4.78 is 5.85. The molecule has 2 heterocycles. The minimum atomic E-state index is 0.549. The van der Waals surface area contributed by atoms with Crippen LogP contribution in [-0.4, -0.2) is 35.7 Å². The Bertz CT molecular complexity index is 516. The average molecular weight is 316 g/mol. The summed E-state index contributed by atoms with van der Waals surface area (Å²) in [5.41, 5.74) is 0.590. The van der Waals surface area contributed by atoms with E-state index in [2.05, 4.69) is 20.6 Å². The van der Waals surface area contributed by atoms with Crippen molar-refractivity contribution in [2.24, 2.45) is 11.3 Å². The van der Waals surface area contributed by atoms with Gasteiger partial charge in [-0.05, 0) is 62.9 Å². The highest BCUT2D eigenvalue weighted by molar-refractivity contribution is 5.36. The summed E-state index contributed by atoms with van der Waals surface area (Å²) >= 11 is 0. The lowest BCUT2D eigenvalue weighted by atomic mass is 9.60. The Morgan fingerprint density at radius 3 is 2.74 bits per heavy atom. The first kappa shape index (κ1) is 15.2. The summed E-state index contributed by atoms with van der Waals surface area (Å²) in [6.45, 7) is 3.14. The van der Waals surface area contributed by atoms with Gasteiger partial charge in [0.1, 0.15) is 5.82 Å². The molecule has 2 N–H and O–H groups in total. The molecule has 1 saturated heterocycles. The number of ether oxygens (including phenoxy) is 1. The fraction of sp³-hybridized carbons (Fsp3) is 0.778. The molecule has 4 rings (SSSR count). The van der Waals surface area contributed by atoms with Gasteiger partial charge in [-0.1, -0.05) is 12.8 Å². The fourth-order valence-corrected chi connectivity index (χ4v) is 4.53. The quantitative estimate of drug-likeness (QED) is 0.874. The van der Waals surface area contributed by atoms with Gasteiger partial charge in [0, 0.05) is 6.04 Å². The predicted molar refractivity (Wildman–Crippen MR) is 90.7 cm³/mol. The van der Waals surface area contributed by atoms with Gasteiger partial charge in [0.05, 0.1) is 19.0 Å². The number of hydrogen-bond acceptors (Lipinski definition) is 5. The molecule has 0 amide bonds. The molecule has 3 aliphatic rings. The van der Waals surface area contributed by atoms with Gasteiger partial charge in [-0.2, -0.15) is 4.98 Å². The van der Waals surface area contributed by atoms with E-state index in [1.54, 1.807) is 6.20 Å². The normalized spacial score (nSPS) is 24.5.